The number of pyridine rings is 1. The molecule has 0 aromatic carbocycles. The van der Waals surface area contributed by atoms with Crippen molar-refractivity contribution >= 4 is 17.3 Å². The van der Waals surface area contributed by atoms with E-state index in [9.17, 15) is 27.9 Å². The van der Waals surface area contributed by atoms with Crippen LogP contribution in [0, 0.1) is 18.8 Å². The second-order valence-corrected chi connectivity index (χ2v) is 6.01. The van der Waals surface area contributed by atoms with Gasteiger partial charge in [-0.05, 0) is 38.3 Å². The number of halogens is 3. The van der Waals surface area contributed by atoms with Gasteiger partial charge in [-0.15, -0.1) is 0 Å². The van der Waals surface area contributed by atoms with Crippen LogP contribution in [0.5, 0.6) is 0 Å². The lowest BCUT2D eigenvalue weighted by Gasteiger charge is -2.21. The molecular formula is C16H14F3NO3. The van der Waals surface area contributed by atoms with Gasteiger partial charge in [0, 0.05) is 23.1 Å². The van der Waals surface area contributed by atoms with Crippen LogP contribution in [-0.4, -0.2) is 21.7 Å². The van der Waals surface area contributed by atoms with Crippen LogP contribution >= 0.6 is 0 Å². The smallest absolute Gasteiger partial charge is 0.434 e. The molecule has 0 aliphatic heterocycles. The van der Waals surface area contributed by atoms with Crippen LogP contribution in [0.25, 0.3) is 5.76 Å². The molecular weight excluding hydrogens is 311 g/mol. The number of hydrogen-bond acceptors (Lipinski definition) is 4. The van der Waals surface area contributed by atoms with Gasteiger partial charge in [-0.1, -0.05) is 0 Å². The third-order valence-corrected chi connectivity index (χ3v) is 4.46. The highest BCUT2D eigenvalue weighted by Gasteiger charge is 2.46. The van der Waals surface area contributed by atoms with Gasteiger partial charge in [0.05, 0.1) is 0 Å². The number of rotatable bonds is 1. The molecule has 0 saturated heterocycles. The minimum Gasteiger partial charge on any atom is -0.506 e. The van der Waals surface area contributed by atoms with Crippen LogP contribution in [0.15, 0.2) is 17.7 Å². The number of alkyl halides is 3. The van der Waals surface area contributed by atoms with E-state index in [1.54, 1.807) is 0 Å². The number of hydrogen-bond donors (Lipinski definition) is 1. The fourth-order valence-electron chi connectivity index (χ4n) is 3.32. The number of allylic oxidation sites excluding steroid dienone is 1. The molecule has 1 N–H and O–H groups in total. The monoisotopic (exact) mass is 325 g/mol. The summed E-state index contributed by atoms with van der Waals surface area (Å²) in [5.41, 5.74) is -2.29. The third kappa shape index (κ3) is 2.54. The SMILES string of the molecule is Cc1ccc(C(O)=C2C(=O)C3CCC(C3)C2=O)c(C(F)(F)F)n1. The quantitative estimate of drug-likeness (QED) is 0.489. The van der Waals surface area contributed by atoms with Crippen LogP contribution in [0.4, 0.5) is 13.2 Å². The normalized spacial score (nSPS) is 24.3. The summed E-state index contributed by atoms with van der Waals surface area (Å²) in [6, 6.07) is 2.35. The molecule has 2 saturated carbocycles. The van der Waals surface area contributed by atoms with Crippen LogP contribution in [-0.2, 0) is 15.8 Å². The standard InChI is InChI=1S/C16H14F3NO3/c1-7-2-5-10(15(20-7)16(17,18)19)14(23)11-12(21)8-3-4-9(6-8)13(11)22/h2,5,8-9,23H,3-4,6H2,1H3. The summed E-state index contributed by atoms with van der Waals surface area (Å²) in [6.45, 7) is 1.39. The molecule has 2 fully saturated rings. The molecule has 4 nitrogen and oxygen atoms in total. The van der Waals surface area contributed by atoms with Crippen molar-refractivity contribution in [2.24, 2.45) is 11.8 Å². The van der Waals surface area contributed by atoms with Gasteiger partial charge < -0.3 is 5.11 Å². The number of nitrogens with zero attached hydrogens (tertiary/aromatic N) is 1. The Labute approximate surface area is 130 Å². The number of Topliss-reactive ketones (excluding diaryl/α,β-unsaturated/α-hetero) is 2. The maximum Gasteiger partial charge on any atom is 0.434 e. The zero-order valence-corrected chi connectivity index (χ0v) is 12.3. The predicted octanol–water partition coefficient (Wildman–Crippen LogP) is 3.25. The Morgan fingerprint density at radius 1 is 1.17 bits per heavy atom. The van der Waals surface area contributed by atoms with Crippen molar-refractivity contribution in [2.75, 3.05) is 0 Å². The average Bonchev–Trinajstić information content (AvgIpc) is 2.91. The Kier molecular flexibility index (Phi) is 3.54. The van der Waals surface area contributed by atoms with E-state index < -0.39 is 40.3 Å². The van der Waals surface area contributed by atoms with E-state index >= 15 is 0 Å². The zero-order chi connectivity index (χ0) is 16.9. The van der Waals surface area contributed by atoms with E-state index in [4.69, 9.17) is 0 Å². The predicted molar refractivity (Wildman–Crippen MR) is 74.4 cm³/mol. The fourth-order valence-corrected chi connectivity index (χ4v) is 3.32. The van der Waals surface area contributed by atoms with Crippen molar-refractivity contribution in [2.45, 2.75) is 32.4 Å². The first-order chi connectivity index (χ1) is 10.7. The van der Waals surface area contributed by atoms with Gasteiger partial charge in [0.2, 0.25) is 0 Å². The topological polar surface area (TPSA) is 67.3 Å². The van der Waals surface area contributed by atoms with E-state index in [2.05, 4.69) is 4.98 Å². The van der Waals surface area contributed by atoms with E-state index in [-0.39, 0.29) is 17.5 Å². The fraction of sp³-hybridized carbons (Fsp3) is 0.438. The minimum atomic E-state index is -4.80. The molecule has 122 valence electrons. The molecule has 3 rings (SSSR count). The van der Waals surface area contributed by atoms with Crippen molar-refractivity contribution < 1.29 is 27.9 Å². The molecule has 1 aromatic heterocycles. The van der Waals surface area contributed by atoms with Gasteiger partial charge >= 0.3 is 6.18 Å². The molecule has 0 spiro atoms. The molecule has 23 heavy (non-hydrogen) atoms. The van der Waals surface area contributed by atoms with Crippen molar-refractivity contribution in [1.82, 2.24) is 4.98 Å². The van der Waals surface area contributed by atoms with Crippen molar-refractivity contribution in [1.29, 1.82) is 0 Å². The van der Waals surface area contributed by atoms with E-state index in [0.717, 1.165) is 6.07 Å². The summed E-state index contributed by atoms with van der Waals surface area (Å²) in [6.07, 6.45) is -3.31. The van der Waals surface area contributed by atoms with Crippen LogP contribution in [0.3, 0.4) is 0 Å². The average molecular weight is 325 g/mol. The van der Waals surface area contributed by atoms with E-state index in [0.29, 0.717) is 19.3 Å². The largest absolute Gasteiger partial charge is 0.506 e. The van der Waals surface area contributed by atoms with Crippen molar-refractivity contribution in [3.63, 3.8) is 0 Å². The van der Waals surface area contributed by atoms with Crippen LogP contribution in [0.2, 0.25) is 0 Å². The second-order valence-electron chi connectivity index (χ2n) is 6.01. The molecule has 0 amide bonds. The number of carbonyl (C=O) groups is 2. The van der Waals surface area contributed by atoms with Gasteiger partial charge in [0.25, 0.3) is 0 Å². The summed E-state index contributed by atoms with van der Waals surface area (Å²) >= 11 is 0. The van der Waals surface area contributed by atoms with Crippen molar-refractivity contribution in [3.05, 3.63) is 34.7 Å². The van der Waals surface area contributed by atoms with Crippen molar-refractivity contribution in [3.8, 4) is 0 Å². The highest BCUT2D eigenvalue weighted by molar-refractivity contribution is 6.27. The van der Waals surface area contributed by atoms with Gasteiger partial charge in [-0.25, -0.2) is 4.98 Å². The molecule has 1 heterocycles. The second kappa shape index (κ2) is 5.18. The Bertz CT molecular complexity index is 713. The maximum absolute atomic E-state index is 13.1. The van der Waals surface area contributed by atoms with E-state index in [1.165, 1.54) is 13.0 Å². The summed E-state index contributed by atoms with van der Waals surface area (Å²) in [4.78, 5) is 28.0. The number of aliphatic hydroxyl groups is 1. The minimum absolute atomic E-state index is 0.125. The van der Waals surface area contributed by atoms with E-state index in [1.807, 2.05) is 0 Å². The molecule has 2 bridgehead atoms. The lowest BCUT2D eigenvalue weighted by Crippen LogP contribution is -2.30. The molecule has 2 unspecified atom stereocenters. The number of aryl methyl sites for hydroxylation is 1. The number of ketones is 2. The first-order valence-electron chi connectivity index (χ1n) is 7.27. The van der Waals surface area contributed by atoms with Gasteiger partial charge in [-0.3, -0.25) is 9.59 Å². The lowest BCUT2D eigenvalue weighted by atomic mass is 9.81. The van der Waals surface area contributed by atoms with Gasteiger partial charge in [0.15, 0.2) is 17.3 Å². The van der Waals surface area contributed by atoms with Crippen LogP contribution < -0.4 is 0 Å². The number of aliphatic hydroxyl groups excluding tert-OH is 1. The lowest BCUT2D eigenvalue weighted by molar-refractivity contribution is -0.141. The molecule has 2 aliphatic rings. The molecule has 0 radical (unpaired) electrons. The highest BCUT2D eigenvalue weighted by atomic mass is 19.4. The van der Waals surface area contributed by atoms with Crippen LogP contribution in [0.1, 0.15) is 36.2 Å². The Morgan fingerprint density at radius 3 is 2.26 bits per heavy atom. The Hall–Kier alpha value is -2.18. The summed E-state index contributed by atoms with van der Waals surface area (Å²) < 4.78 is 39.4. The molecule has 2 aliphatic carbocycles. The summed E-state index contributed by atoms with van der Waals surface area (Å²) in [7, 11) is 0. The molecule has 1 aromatic rings. The first kappa shape index (κ1) is 15.7. The third-order valence-electron chi connectivity index (χ3n) is 4.46. The molecule has 7 heteroatoms. The Morgan fingerprint density at radius 2 is 1.74 bits per heavy atom. The maximum atomic E-state index is 13.1. The Balaban J connectivity index is 2.18. The van der Waals surface area contributed by atoms with Gasteiger partial charge in [-0.2, -0.15) is 13.2 Å². The molecule has 2 atom stereocenters. The number of aromatic nitrogens is 1. The highest BCUT2D eigenvalue weighted by Crippen LogP contribution is 2.43. The summed E-state index contributed by atoms with van der Waals surface area (Å²) in [5, 5.41) is 10.3. The zero-order valence-electron chi connectivity index (χ0n) is 12.3. The number of fused-ring (bicyclic) bond motifs is 2. The van der Waals surface area contributed by atoms with Gasteiger partial charge in [0.1, 0.15) is 11.3 Å². The summed E-state index contributed by atoms with van der Waals surface area (Å²) in [5.74, 6) is -2.80. The number of carbonyl (C=O) groups excluding carboxylic acids is 2. The first-order valence-corrected chi connectivity index (χ1v) is 7.27.